The lowest BCUT2D eigenvalue weighted by Gasteiger charge is -2.04. The van der Waals surface area contributed by atoms with Crippen molar-refractivity contribution in [2.75, 3.05) is 0 Å². The Morgan fingerprint density at radius 3 is 2.60 bits per heavy atom. The average Bonchev–Trinajstić information content (AvgIpc) is 2.29. The van der Waals surface area contributed by atoms with E-state index in [0.717, 1.165) is 4.47 Å². The highest BCUT2D eigenvalue weighted by atomic mass is 79.9. The Hall–Kier alpha value is -1.41. The first-order valence-electron chi connectivity index (χ1n) is 4.77. The molecule has 0 aliphatic carbocycles. The Balaban J connectivity index is 2.60. The maximum atomic E-state index is 4.22. The van der Waals surface area contributed by atoms with Crippen LogP contribution < -0.4 is 0 Å². The topological polar surface area (TPSA) is 12.9 Å². The van der Waals surface area contributed by atoms with E-state index < -0.39 is 0 Å². The SMILES string of the molecule is Brc1cncc2c1ccc1ccccc12. The number of rotatable bonds is 0. The fourth-order valence-electron chi connectivity index (χ4n) is 1.89. The van der Waals surface area contributed by atoms with Crippen LogP contribution in [0.2, 0.25) is 0 Å². The summed E-state index contributed by atoms with van der Waals surface area (Å²) in [6.07, 6.45) is 3.75. The van der Waals surface area contributed by atoms with Gasteiger partial charge in [-0.15, -0.1) is 0 Å². The molecule has 0 amide bonds. The van der Waals surface area contributed by atoms with Crippen molar-refractivity contribution in [2.45, 2.75) is 0 Å². The van der Waals surface area contributed by atoms with Gasteiger partial charge in [-0.3, -0.25) is 4.98 Å². The number of fused-ring (bicyclic) bond motifs is 3. The van der Waals surface area contributed by atoms with Gasteiger partial charge in [0.05, 0.1) is 0 Å². The van der Waals surface area contributed by atoms with Gasteiger partial charge < -0.3 is 0 Å². The predicted molar refractivity (Wildman–Crippen MR) is 66.9 cm³/mol. The first kappa shape index (κ1) is 8.86. The van der Waals surface area contributed by atoms with Crippen LogP contribution in [0.25, 0.3) is 21.5 Å². The van der Waals surface area contributed by atoms with Gasteiger partial charge in [0.15, 0.2) is 0 Å². The highest BCUT2D eigenvalue weighted by Crippen LogP contribution is 2.28. The molecule has 72 valence electrons. The standard InChI is InChI=1S/C13H8BrN/c14-13-8-15-7-12-10-4-2-1-3-9(10)5-6-11(12)13/h1-8H. The molecule has 0 aliphatic rings. The van der Waals surface area contributed by atoms with Gasteiger partial charge in [0.1, 0.15) is 0 Å². The molecule has 0 fully saturated rings. The van der Waals surface area contributed by atoms with E-state index in [4.69, 9.17) is 0 Å². The molecule has 3 aromatic rings. The smallest absolute Gasteiger partial charge is 0.0437 e. The highest BCUT2D eigenvalue weighted by Gasteiger charge is 2.02. The second-order valence-electron chi connectivity index (χ2n) is 3.50. The second kappa shape index (κ2) is 3.31. The van der Waals surface area contributed by atoms with Crippen LogP contribution in [0.3, 0.4) is 0 Å². The molecule has 0 spiro atoms. The maximum absolute atomic E-state index is 4.22. The molecule has 0 aliphatic heterocycles. The molecular weight excluding hydrogens is 250 g/mol. The Bertz CT molecular complexity index is 646. The van der Waals surface area contributed by atoms with Gasteiger partial charge in [-0.25, -0.2) is 0 Å². The van der Waals surface area contributed by atoms with E-state index in [9.17, 15) is 0 Å². The maximum Gasteiger partial charge on any atom is 0.0437 e. The number of halogens is 1. The number of aromatic nitrogens is 1. The summed E-state index contributed by atoms with van der Waals surface area (Å²) in [7, 11) is 0. The van der Waals surface area contributed by atoms with Gasteiger partial charge in [-0.05, 0) is 32.1 Å². The van der Waals surface area contributed by atoms with Gasteiger partial charge in [0.2, 0.25) is 0 Å². The number of nitrogens with zero attached hydrogens (tertiary/aromatic N) is 1. The number of pyridine rings is 1. The van der Waals surface area contributed by atoms with Crippen molar-refractivity contribution < 1.29 is 0 Å². The van der Waals surface area contributed by atoms with Crippen LogP contribution in [0, 0.1) is 0 Å². The minimum atomic E-state index is 1.05. The van der Waals surface area contributed by atoms with Crippen molar-refractivity contribution in [3.05, 3.63) is 53.3 Å². The van der Waals surface area contributed by atoms with E-state index in [1.165, 1.54) is 21.5 Å². The minimum Gasteiger partial charge on any atom is -0.263 e. The van der Waals surface area contributed by atoms with Gasteiger partial charge in [-0.2, -0.15) is 0 Å². The molecule has 2 aromatic carbocycles. The Kier molecular flexibility index (Phi) is 1.96. The summed E-state index contributed by atoms with van der Waals surface area (Å²) >= 11 is 3.52. The molecule has 0 radical (unpaired) electrons. The molecule has 0 atom stereocenters. The van der Waals surface area contributed by atoms with Crippen molar-refractivity contribution in [3.8, 4) is 0 Å². The molecule has 0 N–H and O–H groups in total. The number of hydrogen-bond acceptors (Lipinski definition) is 1. The molecule has 1 aromatic heterocycles. The largest absolute Gasteiger partial charge is 0.263 e. The van der Waals surface area contributed by atoms with E-state index in [0.29, 0.717) is 0 Å². The summed E-state index contributed by atoms with van der Waals surface area (Å²) in [5.41, 5.74) is 0. The van der Waals surface area contributed by atoms with Crippen LogP contribution in [0.5, 0.6) is 0 Å². The fourth-order valence-corrected chi connectivity index (χ4v) is 2.35. The van der Waals surface area contributed by atoms with Crippen LogP contribution in [0.4, 0.5) is 0 Å². The lowest BCUT2D eigenvalue weighted by atomic mass is 10.0. The molecule has 1 nitrogen and oxygen atoms in total. The molecule has 1 heterocycles. The normalized spacial score (nSPS) is 11.0. The van der Waals surface area contributed by atoms with Crippen LogP contribution in [0.1, 0.15) is 0 Å². The third-order valence-corrected chi connectivity index (χ3v) is 3.25. The van der Waals surface area contributed by atoms with Gasteiger partial charge >= 0.3 is 0 Å². The Labute approximate surface area is 95.9 Å². The third-order valence-electron chi connectivity index (χ3n) is 2.62. The zero-order valence-electron chi connectivity index (χ0n) is 7.94. The minimum absolute atomic E-state index is 1.05. The lowest BCUT2D eigenvalue weighted by molar-refractivity contribution is 1.35. The zero-order valence-corrected chi connectivity index (χ0v) is 9.53. The molecule has 0 saturated heterocycles. The van der Waals surface area contributed by atoms with Crippen LogP contribution in [0.15, 0.2) is 53.3 Å². The van der Waals surface area contributed by atoms with E-state index in [1.807, 2.05) is 12.4 Å². The van der Waals surface area contributed by atoms with Crippen molar-refractivity contribution >= 4 is 37.5 Å². The van der Waals surface area contributed by atoms with E-state index in [1.54, 1.807) is 0 Å². The van der Waals surface area contributed by atoms with Gasteiger partial charge in [0, 0.05) is 22.3 Å². The predicted octanol–water partition coefficient (Wildman–Crippen LogP) is 4.15. The van der Waals surface area contributed by atoms with Gasteiger partial charge in [-0.1, -0.05) is 36.4 Å². The van der Waals surface area contributed by atoms with Crippen molar-refractivity contribution in [1.82, 2.24) is 4.98 Å². The van der Waals surface area contributed by atoms with Crippen molar-refractivity contribution in [2.24, 2.45) is 0 Å². The summed E-state index contributed by atoms with van der Waals surface area (Å²) < 4.78 is 1.05. The Morgan fingerprint density at radius 1 is 0.800 bits per heavy atom. The zero-order chi connectivity index (χ0) is 10.3. The lowest BCUT2D eigenvalue weighted by Crippen LogP contribution is -1.80. The first-order chi connectivity index (χ1) is 7.36. The number of benzene rings is 2. The Morgan fingerprint density at radius 2 is 1.67 bits per heavy atom. The molecule has 0 bridgehead atoms. The summed E-state index contributed by atoms with van der Waals surface area (Å²) in [6.45, 7) is 0. The molecular formula is C13H8BrN. The molecule has 15 heavy (non-hydrogen) atoms. The molecule has 0 saturated carbocycles. The molecule has 3 rings (SSSR count). The summed E-state index contributed by atoms with van der Waals surface area (Å²) in [4.78, 5) is 4.22. The quantitative estimate of drug-likeness (QED) is 0.552. The van der Waals surface area contributed by atoms with Crippen LogP contribution in [-0.2, 0) is 0 Å². The van der Waals surface area contributed by atoms with Crippen molar-refractivity contribution in [1.29, 1.82) is 0 Å². The first-order valence-corrected chi connectivity index (χ1v) is 5.56. The number of hydrogen-bond donors (Lipinski definition) is 0. The third kappa shape index (κ3) is 1.33. The van der Waals surface area contributed by atoms with Crippen molar-refractivity contribution in [3.63, 3.8) is 0 Å². The monoisotopic (exact) mass is 257 g/mol. The summed E-state index contributed by atoms with van der Waals surface area (Å²) in [6, 6.07) is 12.6. The van der Waals surface area contributed by atoms with Crippen LogP contribution in [-0.4, -0.2) is 4.98 Å². The second-order valence-corrected chi connectivity index (χ2v) is 4.36. The summed E-state index contributed by atoms with van der Waals surface area (Å²) in [5, 5.41) is 4.92. The van der Waals surface area contributed by atoms with Gasteiger partial charge in [0.25, 0.3) is 0 Å². The van der Waals surface area contributed by atoms with Crippen LogP contribution >= 0.6 is 15.9 Å². The fraction of sp³-hybridized carbons (Fsp3) is 0. The van der Waals surface area contributed by atoms with E-state index >= 15 is 0 Å². The highest BCUT2D eigenvalue weighted by molar-refractivity contribution is 9.10. The average molecular weight is 258 g/mol. The molecule has 0 unspecified atom stereocenters. The van der Waals surface area contributed by atoms with E-state index in [-0.39, 0.29) is 0 Å². The summed E-state index contributed by atoms with van der Waals surface area (Å²) in [5.74, 6) is 0. The van der Waals surface area contributed by atoms with E-state index in [2.05, 4.69) is 57.3 Å². The molecule has 2 heteroatoms.